The van der Waals surface area contributed by atoms with Crippen LogP contribution in [0.15, 0.2) is 30.4 Å². The van der Waals surface area contributed by atoms with E-state index in [1.807, 2.05) is 6.92 Å². The van der Waals surface area contributed by atoms with Crippen LogP contribution in [0.4, 0.5) is 0 Å². The van der Waals surface area contributed by atoms with Crippen LogP contribution in [0.1, 0.15) is 77.8 Å². The summed E-state index contributed by atoms with van der Waals surface area (Å²) in [5.41, 5.74) is 2.87. The molecule has 0 fully saturated rings. The third-order valence-electron chi connectivity index (χ3n) is 3.90. The lowest BCUT2D eigenvalue weighted by Crippen LogP contribution is -2.14. The second-order valence-corrected chi connectivity index (χ2v) is 6.66. The molecule has 21 heavy (non-hydrogen) atoms. The molecule has 1 aromatic rings. The molecular formula is C20H32O. The van der Waals surface area contributed by atoms with Gasteiger partial charge < -0.3 is 4.74 Å². The Morgan fingerprint density at radius 2 is 1.81 bits per heavy atom. The van der Waals surface area contributed by atoms with Crippen LogP contribution in [0.2, 0.25) is 0 Å². The summed E-state index contributed by atoms with van der Waals surface area (Å²) < 4.78 is 5.82. The van der Waals surface area contributed by atoms with Crippen molar-refractivity contribution in [3.63, 3.8) is 0 Å². The fraction of sp³-hybridized carbons (Fsp3) is 0.600. The molecule has 0 radical (unpaired) electrons. The molecule has 0 spiro atoms. The molecule has 0 amide bonds. The number of rotatable bonds is 7. The summed E-state index contributed by atoms with van der Waals surface area (Å²) >= 11 is 0. The Morgan fingerprint density at radius 3 is 2.33 bits per heavy atom. The fourth-order valence-electron chi connectivity index (χ4n) is 2.63. The Hall–Kier alpha value is -1.24. The van der Waals surface area contributed by atoms with Gasteiger partial charge in [0, 0.05) is 0 Å². The Labute approximate surface area is 131 Å². The molecule has 0 saturated heterocycles. The molecule has 0 saturated carbocycles. The number of hydrogen-bond acceptors (Lipinski definition) is 1. The van der Waals surface area contributed by atoms with E-state index in [0.717, 1.165) is 25.2 Å². The molecule has 0 bridgehead atoms. The molecule has 118 valence electrons. The van der Waals surface area contributed by atoms with E-state index in [1.54, 1.807) is 0 Å². The molecule has 1 heteroatoms. The highest BCUT2D eigenvalue weighted by Crippen LogP contribution is 2.35. The van der Waals surface area contributed by atoms with Crippen molar-refractivity contribution in [1.82, 2.24) is 0 Å². The fourth-order valence-corrected chi connectivity index (χ4v) is 2.63. The Bertz CT molecular complexity index is 451. The first-order chi connectivity index (χ1) is 9.93. The van der Waals surface area contributed by atoms with Gasteiger partial charge in [-0.1, -0.05) is 58.9 Å². The van der Waals surface area contributed by atoms with Crippen LogP contribution < -0.4 is 4.74 Å². The third-order valence-corrected chi connectivity index (χ3v) is 3.90. The summed E-state index contributed by atoms with van der Waals surface area (Å²) in [5, 5.41) is 0. The standard InChI is InChI=1S/C20H32O/c1-7-10-11-12-16(8-2)17-13-14-19(21-9-3)18(15-17)20(4,5)6/h10-11,13-16H,7-9,12H2,1-6H3/b11-10-. The first kappa shape index (κ1) is 17.8. The van der Waals surface area contributed by atoms with Crippen LogP contribution in [-0.4, -0.2) is 6.61 Å². The molecule has 0 N–H and O–H groups in total. The minimum absolute atomic E-state index is 0.109. The van der Waals surface area contributed by atoms with Crippen molar-refractivity contribution >= 4 is 0 Å². The molecule has 1 nitrogen and oxygen atoms in total. The number of hydrogen-bond donors (Lipinski definition) is 0. The molecule has 0 aliphatic rings. The van der Waals surface area contributed by atoms with Crippen molar-refractivity contribution in [2.45, 2.75) is 72.1 Å². The van der Waals surface area contributed by atoms with Crippen molar-refractivity contribution in [2.75, 3.05) is 6.61 Å². The number of ether oxygens (including phenoxy) is 1. The van der Waals surface area contributed by atoms with E-state index in [9.17, 15) is 0 Å². The van der Waals surface area contributed by atoms with Gasteiger partial charge in [0.05, 0.1) is 6.61 Å². The van der Waals surface area contributed by atoms with Crippen LogP contribution in [-0.2, 0) is 5.41 Å². The van der Waals surface area contributed by atoms with Gasteiger partial charge in [0.1, 0.15) is 5.75 Å². The van der Waals surface area contributed by atoms with Gasteiger partial charge in [-0.2, -0.15) is 0 Å². The highest BCUT2D eigenvalue weighted by molar-refractivity contribution is 5.42. The maximum atomic E-state index is 5.82. The Balaban J connectivity index is 3.10. The first-order valence-corrected chi connectivity index (χ1v) is 8.36. The van der Waals surface area contributed by atoms with Gasteiger partial charge in [-0.05, 0) is 54.7 Å². The van der Waals surface area contributed by atoms with Crippen molar-refractivity contribution in [3.8, 4) is 5.75 Å². The van der Waals surface area contributed by atoms with E-state index >= 15 is 0 Å². The average molecular weight is 288 g/mol. The minimum atomic E-state index is 0.109. The van der Waals surface area contributed by atoms with Crippen LogP contribution in [0, 0.1) is 0 Å². The zero-order valence-electron chi connectivity index (χ0n) is 14.7. The predicted octanol–water partition coefficient (Wildman–Crippen LogP) is 6.23. The molecule has 1 unspecified atom stereocenters. The zero-order chi connectivity index (χ0) is 15.9. The molecule has 1 aromatic carbocycles. The first-order valence-electron chi connectivity index (χ1n) is 8.36. The topological polar surface area (TPSA) is 9.23 Å². The normalized spacial score (nSPS) is 13.6. The lowest BCUT2D eigenvalue weighted by atomic mass is 9.82. The number of allylic oxidation sites excluding steroid dienone is 2. The molecular weight excluding hydrogens is 256 g/mol. The second kappa shape index (κ2) is 8.26. The van der Waals surface area contributed by atoms with Crippen molar-refractivity contribution < 1.29 is 4.74 Å². The summed E-state index contributed by atoms with van der Waals surface area (Å²) in [4.78, 5) is 0. The van der Waals surface area contributed by atoms with Crippen molar-refractivity contribution in [3.05, 3.63) is 41.5 Å². The summed E-state index contributed by atoms with van der Waals surface area (Å²) in [6.45, 7) is 14.0. The molecule has 0 heterocycles. The van der Waals surface area contributed by atoms with E-state index in [1.165, 1.54) is 17.5 Å². The molecule has 0 aromatic heterocycles. The highest BCUT2D eigenvalue weighted by atomic mass is 16.5. The van der Waals surface area contributed by atoms with E-state index in [-0.39, 0.29) is 5.41 Å². The van der Waals surface area contributed by atoms with Crippen molar-refractivity contribution in [1.29, 1.82) is 0 Å². The Kier molecular flexibility index (Phi) is 7.01. The summed E-state index contributed by atoms with van der Waals surface area (Å²) in [6.07, 6.45) is 8.00. The maximum absolute atomic E-state index is 5.82. The smallest absolute Gasteiger partial charge is 0.123 e. The quantitative estimate of drug-likeness (QED) is 0.540. The second-order valence-electron chi connectivity index (χ2n) is 6.66. The van der Waals surface area contributed by atoms with Crippen LogP contribution in [0.25, 0.3) is 0 Å². The van der Waals surface area contributed by atoms with Crippen LogP contribution in [0.3, 0.4) is 0 Å². The average Bonchev–Trinajstić information content (AvgIpc) is 2.43. The number of benzene rings is 1. The van der Waals surface area contributed by atoms with Crippen LogP contribution in [0.5, 0.6) is 5.75 Å². The van der Waals surface area contributed by atoms with Crippen LogP contribution >= 0.6 is 0 Å². The summed E-state index contributed by atoms with van der Waals surface area (Å²) in [6, 6.07) is 6.76. The predicted molar refractivity (Wildman–Crippen MR) is 93.4 cm³/mol. The Morgan fingerprint density at radius 1 is 1.10 bits per heavy atom. The van der Waals surface area contributed by atoms with Gasteiger partial charge in [-0.3, -0.25) is 0 Å². The lowest BCUT2D eigenvalue weighted by Gasteiger charge is -2.25. The zero-order valence-corrected chi connectivity index (χ0v) is 14.7. The maximum Gasteiger partial charge on any atom is 0.123 e. The lowest BCUT2D eigenvalue weighted by molar-refractivity contribution is 0.329. The molecule has 1 atom stereocenters. The van der Waals surface area contributed by atoms with Gasteiger partial charge >= 0.3 is 0 Å². The molecule has 0 aliphatic carbocycles. The van der Waals surface area contributed by atoms with E-state index < -0.39 is 0 Å². The molecule has 0 aliphatic heterocycles. The minimum Gasteiger partial charge on any atom is -0.494 e. The summed E-state index contributed by atoms with van der Waals surface area (Å²) in [5.74, 6) is 1.64. The van der Waals surface area contributed by atoms with E-state index in [0.29, 0.717) is 5.92 Å². The van der Waals surface area contributed by atoms with Gasteiger partial charge in [-0.15, -0.1) is 0 Å². The van der Waals surface area contributed by atoms with Gasteiger partial charge in [0.2, 0.25) is 0 Å². The monoisotopic (exact) mass is 288 g/mol. The van der Waals surface area contributed by atoms with Gasteiger partial charge in [0.25, 0.3) is 0 Å². The molecule has 1 rings (SSSR count). The third kappa shape index (κ3) is 5.22. The SMILES string of the molecule is CC/C=C\CC(CC)c1ccc(OCC)c(C(C)(C)C)c1. The summed E-state index contributed by atoms with van der Waals surface area (Å²) in [7, 11) is 0. The highest BCUT2D eigenvalue weighted by Gasteiger charge is 2.21. The van der Waals surface area contributed by atoms with E-state index in [2.05, 4.69) is 65.0 Å². The van der Waals surface area contributed by atoms with Gasteiger partial charge in [-0.25, -0.2) is 0 Å². The van der Waals surface area contributed by atoms with Gasteiger partial charge in [0.15, 0.2) is 0 Å². The van der Waals surface area contributed by atoms with Crippen molar-refractivity contribution in [2.24, 2.45) is 0 Å². The van der Waals surface area contributed by atoms with E-state index in [4.69, 9.17) is 4.74 Å². The largest absolute Gasteiger partial charge is 0.494 e.